The minimum absolute atomic E-state index is 0.0695. The lowest BCUT2D eigenvalue weighted by Crippen LogP contribution is -2.16. The second kappa shape index (κ2) is 6.62. The molecule has 0 radical (unpaired) electrons. The molecule has 1 amide bonds. The van der Waals surface area contributed by atoms with E-state index in [2.05, 4.69) is 17.6 Å². The summed E-state index contributed by atoms with van der Waals surface area (Å²) in [5, 5.41) is 6.28. The highest BCUT2D eigenvalue weighted by molar-refractivity contribution is 6.05. The summed E-state index contributed by atoms with van der Waals surface area (Å²) in [6.45, 7) is 4.31. The van der Waals surface area contributed by atoms with Crippen LogP contribution in [-0.4, -0.2) is 19.1 Å². The lowest BCUT2D eigenvalue weighted by atomic mass is 10.0. The van der Waals surface area contributed by atoms with Gasteiger partial charge in [-0.2, -0.15) is 0 Å². The average Bonchev–Trinajstić information content (AvgIpc) is 2.79. The molecule has 22 heavy (non-hydrogen) atoms. The summed E-state index contributed by atoms with van der Waals surface area (Å²) >= 11 is 0. The monoisotopic (exact) mass is 296 g/mol. The number of hydrogen-bond acceptors (Lipinski definition) is 3. The van der Waals surface area contributed by atoms with Crippen LogP contribution in [0.5, 0.6) is 5.75 Å². The fraction of sp³-hybridized carbons (Fsp3) is 0.278. The normalized spacial score (nSPS) is 13.7. The molecule has 0 saturated heterocycles. The van der Waals surface area contributed by atoms with Crippen molar-refractivity contribution in [3.63, 3.8) is 0 Å². The molecule has 0 aromatic heterocycles. The Morgan fingerprint density at radius 2 is 2.14 bits per heavy atom. The molecular formula is C18H20N2O2. The second-order valence-electron chi connectivity index (χ2n) is 5.31. The van der Waals surface area contributed by atoms with Gasteiger partial charge in [0.1, 0.15) is 12.4 Å². The molecular weight excluding hydrogens is 276 g/mol. The first kappa shape index (κ1) is 14.6. The van der Waals surface area contributed by atoms with Gasteiger partial charge in [-0.1, -0.05) is 25.1 Å². The van der Waals surface area contributed by atoms with Crippen LogP contribution in [0.3, 0.4) is 0 Å². The van der Waals surface area contributed by atoms with Crippen LogP contribution in [0.2, 0.25) is 0 Å². The number of anilines is 1. The highest BCUT2D eigenvalue weighted by atomic mass is 16.5. The molecule has 0 unspecified atom stereocenters. The van der Waals surface area contributed by atoms with Crippen LogP contribution in [-0.2, 0) is 13.0 Å². The molecule has 2 aromatic rings. The Labute approximate surface area is 130 Å². The summed E-state index contributed by atoms with van der Waals surface area (Å²) in [6.07, 6.45) is 0.839. The quantitative estimate of drug-likeness (QED) is 0.915. The summed E-state index contributed by atoms with van der Waals surface area (Å²) in [5.41, 5.74) is 3.65. The number of ether oxygens (including phenoxy) is 1. The van der Waals surface area contributed by atoms with E-state index in [1.165, 1.54) is 0 Å². The van der Waals surface area contributed by atoms with Gasteiger partial charge < -0.3 is 15.4 Å². The first-order chi connectivity index (χ1) is 10.8. The maximum atomic E-state index is 12.5. The smallest absolute Gasteiger partial charge is 0.255 e. The minimum atomic E-state index is -0.0695. The molecule has 0 bridgehead atoms. The zero-order valence-electron chi connectivity index (χ0n) is 12.7. The first-order valence-corrected chi connectivity index (χ1v) is 7.63. The summed E-state index contributed by atoms with van der Waals surface area (Å²) in [6, 6.07) is 13.5. The van der Waals surface area contributed by atoms with Crippen molar-refractivity contribution in [2.45, 2.75) is 19.9 Å². The molecule has 0 aliphatic carbocycles. The van der Waals surface area contributed by atoms with E-state index in [9.17, 15) is 4.79 Å². The fourth-order valence-electron chi connectivity index (χ4n) is 2.64. The van der Waals surface area contributed by atoms with E-state index < -0.39 is 0 Å². The van der Waals surface area contributed by atoms with Crippen LogP contribution in [0.1, 0.15) is 28.4 Å². The van der Waals surface area contributed by atoms with Gasteiger partial charge >= 0.3 is 0 Å². The number of fused-ring (bicyclic) bond motifs is 1. The van der Waals surface area contributed by atoms with Crippen LogP contribution in [0.15, 0.2) is 42.5 Å². The van der Waals surface area contributed by atoms with Crippen molar-refractivity contribution >= 4 is 11.6 Å². The fourth-order valence-corrected chi connectivity index (χ4v) is 2.64. The molecule has 0 spiro atoms. The van der Waals surface area contributed by atoms with Gasteiger partial charge in [-0.15, -0.1) is 0 Å². The van der Waals surface area contributed by atoms with Crippen LogP contribution < -0.4 is 15.4 Å². The maximum Gasteiger partial charge on any atom is 0.255 e. The first-order valence-electron chi connectivity index (χ1n) is 7.63. The van der Waals surface area contributed by atoms with Gasteiger partial charge in [-0.3, -0.25) is 4.79 Å². The van der Waals surface area contributed by atoms with E-state index in [0.29, 0.717) is 6.61 Å². The van der Waals surface area contributed by atoms with Gasteiger partial charge in [0.15, 0.2) is 0 Å². The lowest BCUT2D eigenvalue weighted by molar-refractivity contribution is 0.102. The molecule has 4 nitrogen and oxygen atoms in total. The van der Waals surface area contributed by atoms with E-state index in [1.54, 1.807) is 0 Å². The van der Waals surface area contributed by atoms with Crippen molar-refractivity contribution in [1.82, 2.24) is 5.32 Å². The Bertz CT molecular complexity index is 683. The topological polar surface area (TPSA) is 50.4 Å². The molecule has 2 aromatic carbocycles. The largest absolute Gasteiger partial charge is 0.492 e. The highest BCUT2D eigenvalue weighted by Crippen LogP contribution is 2.24. The van der Waals surface area contributed by atoms with Gasteiger partial charge in [0.05, 0.1) is 0 Å². The maximum absolute atomic E-state index is 12.5. The van der Waals surface area contributed by atoms with Gasteiger partial charge in [0.25, 0.3) is 5.91 Å². The molecule has 0 fully saturated rings. The summed E-state index contributed by atoms with van der Waals surface area (Å²) in [4.78, 5) is 12.5. The van der Waals surface area contributed by atoms with Crippen LogP contribution in [0.4, 0.5) is 5.69 Å². The van der Waals surface area contributed by atoms with E-state index in [-0.39, 0.29) is 5.91 Å². The lowest BCUT2D eigenvalue weighted by Gasteiger charge is -2.12. The molecule has 0 atom stereocenters. The number of carbonyl (C=O) groups is 1. The Balaban J connectivity index is 1.81. The van der Waals surface area contributed by atoms with Crippen molar-refractivity contribution in [3.05, 3.63) is 59.2 Å². The standard InChI is InChI=1S/C18H20N2O2/c1-2-13-5-3-4-6-16(13)18(21)20-15-7-8-17-14(11-15)12-19-9-10-22-17/h3-8,11,19H,2,9-10,12H2,1H3,(H,20,21). The summed E-state index contributed by atoms with van der Waals surface area (Å²) < 4.78 is 5.65. The Morgan fingerprint density at radius 3 is 3.00 bits per heavy atom. The molecule has 1 aliphatic heterocycles. The number of benzene rings is 2. The van der Waals surface area contributed by atoms with Gasteiger partial charge in [0, 0.05) is 29.9 Å². The SMILES string of the molecule is CCc1ccccc1C(=O)Nc1ccc2c(c1)CNCCO2. The van der Waals surface area contributed by atoms with Gasteiger partial charge in [-0.05, 0) is 36.2 Å². The molecule has 0 saturated carbocycles. The van der Waals surface area contributed by atoms with Crippen molar-refractivity contribution < 1.29 is 9.53 Å². The number of amides is 1. The van der Waals surface area contributed by atoms with Crippen LogP contribution in [0.25, 0.3) is 0 Å². The minimum Gasteiger partial charge on any atom is -0.492 e. The van der Waals surface area contributed by atoms with Gasteiger partial charge in [0.2, 0.25) is 0 Å². The number of nitrogens with one attached hydrogen (secondary N) is 2. The average molecular weight is 296 g/mol. The third kappa shape index (κ3) is 3.12. The molecule has 3 rings (SSSR count). The van der Waals surface area contributed by atoms with Crippen molar-refractivity contribution in [2.75, 3.05) is 18.5 Å². The zero-order valence-corrected chi connectivity index (χ0v) is 12.7. The second-order valence-corrected chi connectivity index (χ2v) is 5.31. The zero-order chi connectivity index (χ0) is 15.4. The number of carbonyl (C=O) groups excluding carboxylic acids is 1. The van der Waals surface area contributed by atoms with Crippen molar-refractivity contribution in [1.29, 1.82) is 0 Å². The molecule has 114 valence electrons. The molecule has 1 aliphatic rings. The van der Waals surface area contributed by atoms with Crippen molar-refractivity contribution in [2.24, 2.45) is 0 Å². The van der Waals surface area contributed by atoms with Crippen LogP contribution in [0, 0.1) is 0 Å². The van der Waals surface area contributed by atoms with E-state index in [0.717, 1.165) is 47.6 Å². The molecule has 1 heterocycles. The third-order valence-electron chi connectivity index (χ3n) is 3.81. The van der Waals surface area contributed by atoms with Crippen molar-refractivity contribution in [3.8, 4) is 5.75 Å². The van der Waals surface area contributed by atoms with Gasteiger partial charge in [-0.25, -0.2) is 0 Å². The molecule has 4 heteroatoms. The predicted molar refractivity (Wildman–Crippen MR) is 87.4 cm³/mol. The highest BCUT2D eigenvalue weighted by Gasteiger charge is 2.13. The van der Waals surface area contributed by atoms with Crippen LogP contribution >= 0.6 is 0 Å². The Hall–Kier alpha value is -2.33. The number of rotatable bonds is 3. The number of aryl methyl sites for hydroxylation is 1. The van der Waals surface area contributed by atoms with E-state index in [4.69, 9.17) is 4.74 Å². The molecule has 2 N–H and O–H groups in total. The summed E-state index contributed by atoms with van der Waals surface area (Å²) in [5.74, 6) is 0.817. The van der Waals surface area contributed by atoms with E-state index in [1.807, 2.05) is 42.5 Å². The number of hydrogen-bond donors (Lipinski definition) is 2. The predicted octanol–water partition coefficient (Wildman–Crippen LogP) is 2.98. The third-order valence-corrected chi connectivity index (χ3v) is 3.81. The Kier molecular flexibility index (Phi) is 4.39. The van der Waals surface area contributed by atoms with E-state index >= 15 is 0 Å². The Morgan fingerprint density at radius 1 is 1.27 bits per heavy atom. The summed E-state index contributed by atoms with van der Waals surface area (Å²) in [7, 11) is 0.